The highest BCUT2D eigenvalue weighted by atomic mass is 16.4. The van der Waals surface area contributed by atoms with E-state index in [0.29, 0.717) is 0 Å². The van der Waals surface area contributed by atoms with Gasteiger partial charge in [-0.1, -0.05) is 56.5 Å². The number of benzene rings is 2. The van der Waals surface area contributed by atoms with Crippen LogP contribution in [0.2, 0.25) is 0 Å². The Balaban J connectivity index is 0.000000161. The van der Waals surface area contributed by atoms with Crippen molar-refractivity contribution in [3.63, 3.8) is 0 Å². The molecule has 6 rings (SSSR count). The molecule has 40 heavy (non-hydrogen) atoms. The normalized spacial score (nSPS) is 36.0. The summed E-state index contributed by atoms with van der Waals surface area (Å²) < 4.78 is 0. The SMILES string of the molecule is C[C@]1(C(=O)O)CCC[C@]2(C)c3cc(O)ccc3CC[C@@H]12.Cc1ccc2c(c1)[C@@]1(C)CCC[C@](C)(C(=O)O)[C@@H]1CC2. The lowest BCUT2D eigenvalue weighted by atomic mass is 9.50. The molecule has 0 aromatic heterocycles. The molecule has 0 unspecified atom stereocenters. The lowest BCUT2D eigenvalue weighted by molar-refractivity contribution is -0.158. The maximum absolute atomic E-state index is 11.9. The molecule has 6 atom stereocenters. The van der Waals surface area contributed by atoms with E-state index in [0.717, 1.165) is 64.2 Å². The number of hydrogen-bond donors (Lipinski definition) is 3. The van der Waals surface area contributed by atoms with E-state index in [1.807, 2.05) is 26.0 Å². The number of rotatable bonds is 2. The molecule has 3 N–H and O–H groups in total. The molecule has 216 valence electrons. The van der Waals surface area contributed by atoms with Gasteiger partial charge in [0.15, 0.2) is 0 Å². The fourth-order valence-electron chi connectivity index (χ4n) is 9.53. The van der Waals surface area contributed by atoms with Gasteiger partial charge in [0.2, 0.25) is 0 Å². The van der Waals surface area contributed by atoms with E-state index in [-0.39, 0.29) is 28.4 Å². The first-order valence-corrected chi connectivity index (χ1v) is 15.1. The fourth-order valence-corrected chi connectivity index (χ4v) is 9.53. The smallest absolute Gasteiger partial charge is 0.309 e. The maximum atomic E-state index is 11.9. The van der Waals surface area contributed by atoms with Gasteiger partial charge in [0.05, 0.1) is 10.8 Å². The summed E-state index contributed by atoms with van der Waals surface area (Å²) in [5.74, 6) is -0.583. The van der Waals surface area contributed by atoms with Crippen molar-refractivity contribution >= 4 is 11.9 Å². The van der Waals surface area contributed by atoms with Crippen LogP contribution in [0.25, 0.3) is 0 Å². The van der Waals surface area contributed by atoms with E-state index >= 15 is 0 Å². The number of phenolic OH excluding ortho intramolecular Hbond substituents is 1. The van der Waals surface area contributed by atoms with Gasteiger partial charge in [0, 0.05) is 0 Å². The van der Waals surface area contributed by atoms with Crippen LogP contribution in [-0.2, 0) is 33.3 Å². The summed E-state index contributed by atoms with van der Waals surface area (Å²) >= 11 is 0. The third kappa shape index (κ3) is 4.35. The molecule has 0 bridgehead atoms. The van der Waals surface area contributed by atoms with Crippen molar-refractivity contribution in [3.05, 3.63) is 64.2 Å². The number of fused-ring (bicyclic) bond motifs is 6. The molecule has 0 saturated heterocycles. The van der Waals surface area contributed by atoms with Crippen molar-refractivity contribution in [2.45, 2.75) is 110 Å². The predicted octanol–water partition coefficient (Wildman–Crippen LogP) is 7.58. The van der Waals surface area contributed by atoms with Crippen LogP contribution in [0.4, 0.5) is 0 Å². The van der Waals surface area contributed by atoms with Gasteiger partial charge >= 0.3 is 11.9 Å². The molecular weight excluding hydrogens is 500 g/mol. The Bertz CT molecular complexity index is 1230. The molecule has 0 amide bonds. The maximum Gasteiger partial charge on any atom is 0.309 e. The summed E-state index contributed by atoms with van der Waals surface area (Å²) in [7, 11) is 0. The number of carboxylic acid groups (broad SMARTS) is 2. The highest BCUT2D eigenvalue weighted by molar-refractivity contribution is 5.76. The summed E-state index contributed by atoms with van der Waals surface area (Å²) in [5.41, 5.74) is 5.28. The molecule has 5 heteroatoms. The minimum Gasteiger partial charge on any atom is -0.508 e. The van der Waals surface area contributed by atoms with Gasteiger partial charge in [-0.3, -0.25) is 9.59 Å². The van der Waals surface area contributed by atoms with Gasteiger partial charge in [-0.2, -0.15) is 0 Å². The Hall–Kier alpha value is -2.82. The molecule has 4 aliphatic rings. The molecule has 5 nitrogen and oxygen atoms in total. The topological polar surface area (TPSA) is 94.8 Å². The molecule has 2 saturated carbocycles. The third-order valence-electron chi connectivity index (χ3n) is 11.8. The number of aryl methyl sites for hydroxylation is 3. The van der Waals surface area contributed by atoms with Crippen molar-refractivity contribution in [3.8, 4) is 5.75 Å². The highest BCUT2D eigenvalue weighted by Crippen LogP contribution is 2.58. The van der Waals surface area contributed by atoms with Crippen LogP contribution in [0.1, 0.15) is 107 Å². The lowest BCUT2D eigenvalue weighted by Gasteiger charge is -2.53. The average Bonchev–Trinajstić information content (AvgIpc) is 2.89. The first-order valence-electron chi connectivity index (χ1n) is 15.1. The van der Waals surface area contributed by atoms with E-state index in [9.17, 15) is 24.9 Å². The average molecular weight is 547 g/mol. The highest BCUT2D eigenvalue weighted by Gasteiger charge is 2.56. The van der Waals surface area contributed by atoms with Crippen molar-refractivity contribution in [1.29, 1.82) is 0 Å². The van der Waals surface area contributed by atoms with Crippen LogP contribution < -0.4 is 0 Å². The minimum atomic E-state index is -0.669. The summed E-state index contributed by atoms with van der Waals surface area (Å²) in [4.78, 5) is 23.7. The third-order valence-corrected chi connectivity index (χ3v) is 11.8. The number of hydrogen-bond acceptors (Lipinski definition) is 3. The first-order chi connectivity index (χ1) is 18.8. The van der Waals surface area contributed by atoms with E-state index in [2.05, 4.69) is 39.0 Å². The van der Waals surface area contributed by atoms with Crippen LogP contribution in [0.3, 0.4) is 0 Å². The van der Waals surface area contributed by atoms with Crippen LogP contribution in [0.5, 0.6) is 5.75 Å². The van der Waals surface area contributed by atoms with Gasteiger partial charge < -0.3 is 15.3 Å². The Kier molecular flexibility index (Phi) is 7.12. The second-order valence-electron chi connectivity index (χ2n) is 14.2. The standard InChI is InChI=1S/C18H24O2.C17H22O3/c1-12-5-6-13-7-8-15-17(2,14(13)11-12)9-4-10-18(15,3)16(19)20;1-16-8-3-9-17(2,15(19)20)14(16)7-5-11-4-6-12(18)10-13(11)16/h5-6,11,15H,4,7-10H2,1-3H3,(H,19,20);4,6,10,14,18H,3,5,7-9H2,1-2H3,(H,19,20)/t15-,17-,18+;14-,16-,17+/m11/s1. The van der Waals surface area contributed by atoms with Gasteiger partial charge in [0.1, 0.15) is 5.75 Å². The Morgan fingerprint density at radius 2 is 1.15 bits per heavy atom. The van der Waals surface area contributed by atoms with Crippen LogP contribution in [-0.4, -0.2) is 27.3 Å². The largest absolute Gasteiger partial charge is 0.508 e. The molecule has 0 heterocycles. The summed E-state index contributed by atoms with van der Waals surface area (Å²) in [6, 6.07) is 12.3. The number of phenols is 1. The van der Waals surface area contributed by atoms with Crippen LogP contribution >= 0.6 is 0 Å². The summed E-state index contributed by atoms with van der Waals surface area (Å²) in [6.07, 6.45) is 9.55. The number of aliphatic carboxylic acids is 2. The molecule has 0 radical (unpaired) electrons. The van der Waals surface area contributed by atoms with Gasteiger partial charge in [-0.05, 0) is 129 Å². The van der Waals surface area contributed by atoms with Gasteiger partial charge in [0.25, 0.3) is 0 Å². The molecular formula is C35H46O5. The van der Waals surface area contributed by atoms with E-state index in [1.54, 1.807) is 6.07 Å². The Labute approximate surface area is 239 Å². The molecule has 2 fully saturated rings. The lowest BCUT2D eigenvalue weighted by Crippen LogP contribution is -2.52. The molecule has 0 spiro atoms. The second-order valence-corrected chi connectivity index (χ2v) is 14.2. The van der Waals surface area contributed by atoms with Crippen molar-refractivity contribution < 1.29 is 24.9 Å². The zero-order valence-electron chi connectivity index (χ0n) is 24.8. The van der Waals surface area contributed by atoms with Gasteiger partial charge in [-0.25, -0.2) is 0 Å². The molecule has 2 aromatic rings. The van der Waals surface area contributed by atoms with Crippen molar-refractivity contribution in [2.75, 3.05) is 0 Å². The zero-order valence-corrected chi connectivity index (χ0v) is 24.8. The van der Waals surface area contributed by atoms with E-state index in [1.165, 1.54) is 27.8 Å². The Morgan fingerprint density at radius 3 is 1.62 bits per heavy atom. The van der Waals surface area contributed by atoms with E-state index in [4.69, 9.17) is 0 Å². The van der Waals surface area contributed by atoms with Crippen LogP contribution in [0.15, 0.2) is 36.4 Å². The number of aromatic hydroxyl groups is 1. The van der Waals surface area contributed by atoms with Gasteiger partial charge in [-0.15, -0.1) is 0 Å². The summed E-state index contributed by atoms with van der Waals surface area (Å²) in [6.45, 7) is 10.5. The quantitative estimate of drug-likeness (QED) is 0.361. The van der Waals surface area contributed by atoms with Crippen molar-refractivity contribution in [2.24, 2.45) is 22.7 Å². The predicted molar refractivity (Wildman–Crippen MR) is 157 cm³/mol. The monoisotopic (exact) mass is 546 g/mol. The van der Waals surface area contributed by atoms with Crippen molar-refractivity contribution in [1.82, 2.24) is 0 Å². The molecule has 2 aromatic carbocycles. The fraction of sp³-hybridized carbons (Fsp3) is 0.600. The number of carboxylic acids is 2. The first kappa shape index (κ1) is 28.7. The molecule has 4 aliphatic carbocycles. The summed E-state index contributed by atoms with van der Waals surface area (Å²) in [5, 5.41) is 29.3. The second kappa shape index (κ2) is 9.92. The van der Waals surface area contributed by atoms with E-state index < -0.39 is 22.8 Å². The Morgan fingerprint density at radius 1 is 0.700 bits per heavy atom. The number of carbonyl (C=O) groups is 2. The van der Waals surface area contributed by atoms with Crippen LogP contribution in [0, 0.1) is 29.6 Å². The molecule has 0 aliphatic heterocycles. The minimum absolute atomic E-state index is 0.0327. The zero-order chi connectivity index (χ0) is 29.1.